The van der Waals surface area contributed by atoms with Gasteiger partial charge in [0, 0.05) is 28.2 Å². The Morgan fingerprint density at radius 1 is 1.20 bits per heavy atom. The van der Waals surface area contributed by atoms with Crippen molar-refractivity contribution in [2.45, 2.75) is 16.9 Å². The molecule has 2 unspecified atom stereocenters. The van der Waals surface area contributed by atoms with E-state index in [0.29, 0.717) is 0 Å². The first-order valence-corrected chi connectivity index (χ1v) is 7.98. The summed E-state index contributed by atoms with van der Waals surface area (Å²) < 4.78 is 28.4. The van der Waals surface area contributed by atoms with E-state index >= 15 is 0 Å². The van der Waals surface area contributed by atoms with Gasteiger partial charge in [0.05, 0.1) is 4.47 Å². The first-order chi connectivity index (χ1) is 9.59. The zero-order chi connectivity index (χ0) is 14.3. The normalized spacial score (nSPS) is 18.9. The van der Waals surface area contributed by atoms with E-state index in [1.165, 1.54) is 12.1 Å². The van der Waals surface area contributed by atoms with Crippen molar-refractivity contribution in [3.8, 4) is 0 Å². The van der Waals surface area contributed by atoms with Crippen LogP contribution in [-0.4, -0.2) is 5.75 Å². The Hall–Kier alpha value is -0.910. The van der Waals surface area contributed by atoms with Gasteiger partial charge in [0.2, 0.25) is 0 Å². The highest BCUT2D eigenvalue weighted by Gasteiger charge is 2.32. The zero-order valence-electron chi connectivity index (χ0n) is 10.4. The lowest BCUT2D eigenvalue weighted by atomic mass is 9.89. The maximum Gasteiger partial charge on any atom is 0.145 e. The fraction of sp³-hybridized carbons (Fsp3) is 0.200. The van der Waals surface area contributed by atoms with Crippen LogP contribution < -0.4 is 5.73 Å². The van der Waals surface area contributed by atoms with E-state index in [-0.39, 0.29) is 16.0 Å². The summed E-state index contributed by atoms with van der Waals surface area (Å²) in [5, 5.41) is 0. The molecule has 1 heterocycles. The minimum Gasteiger partial charge on any atom is -0.323 e. The lowest BCUT2D eigenvalue weighted by Gasteiger charge is -2.21. The molecular formula is C15H12BrF2NS. The van der Waals surface area contributed by atoms with Gasteiger partial charge in [-0.05, 0) is 39.7 Å². The molecule has 2 aromatic carbocycles. The van der Waals surface area contributed by atoms with E-state index in [2.05, 4.69) is 15.9 Å². The average molecular weight is 356 g/mol. The molecule has 2 N–H and O–H groups in total. The van der Waals surface area contributed by atoms with Crippen molar-refractivity contribution >= 4 is 27.7 Å². The number of rotatable bonds is 2. The molecule has 104 valence electrons. The topological polar surface area (TPSA) is 26.0 Å². The zero-order valence-corrected chi connectivity index (χ0v) is 12.8. The summed E-state index contributed by atoms with van der Waals surface area (Å²) in [7, 11) is 0. The molecule has 0 saturated heterocycles. The fourth-order valence-corrected chi connectivity index (χ4v) is 4.19. The summed E-state index contributed by atoms with van der Waals surface area (Å²) in [5.41, 5.74) is 7.20. The minimum absolute atomic E-state index is 0.0401. The molecule has 1 nitrogen and oxygen atoms in total. The van der Waals surface area contributed by atoms with Gasteiger partial charge in [0.25, 0.3) is 0 Å². The molecule has 3 rings (SSSR count). The number of halogens is 3. The second kappa shape index (κ2) is 5.47. The Balaban J connectivity index is 2.03. The maximum atomic E-state index is 14.2. The van der Waals surface area contributed by atoms with Crippen molar-refractivity contribution in [2.75, 3.05) is 5.75 Å². The van der Waals surface area contributed by atoms with Crippen LogP contribution in [0.5, 0.6) is 0 Å². The smallest absolute Gasteiger partial charge is 0.145 e. The number of fused-ring (bicyclic) bond motifs is 1. The number of nitrogens with two attached hydrogens (primary N) is 1. The molecule has 0 aliphatic carbocycles. The van der Waals surface area contributed by atoms with Crippen LogP contribution in [0, 0.1) is 11.6 Å². The number of hydrogen-bond acceptors (Lipinski definition) is 2. The molecule has 1 aliphatic heterocycles. The highest BCUT2D eigenvalue weighted by atomic mass is 79.9. The Morgan fingerprint density at radius 2 is 1.95 bits per heavy atom. The number of hydrogen-bond donors (Lipinski definition) is 1. The maximum absolute atomic E-state index is 14.2. The second-order valence-corrected chi connectivity index (χ2v) is 6.65. The lowest BCUT2D eigenvalue weighted by molar-refractivity contribution is 0.495. The summed E-state index contributed by atoms with van der Waals surface area (Å²) in [4.78, 5) is 1.14. The van der Waals surface area contributed by atoms with Gasteiger partial charge >= 0.3 is 0 Å². The van der Waals surface area contributed by atoms with Gasteiger partial charge in [-0.15, -0.1) is 11.8 Å². The first kappa shape index (κ1) is 14.0. The minimum atomic E-state index is -0.691. The first-order valence-electron chi connectivity index (χ1n) is 6.20. The van der Waals surface area contributed by atoms with Crippen molar-refractivity contribution < 1.29 is 8.78 Å². The predicted octanol–water partition coefficient (Wildman–Crippen LogP) is 4.62. The summed E-state index contributed by atoms with van der Waals surface area (Å²) in [6.07, 6.45) is 0. The molecule has 0 radical (unpaired) electrons. The largest absolute Gasteiger partial charge is 0.323 e. The summed E-state index contributed by atoms with van der Waals surface area (Å²) >= 11 is 4.76. The standard InChI is InChI=1S/C15H12BrF2NS/c16-10-5-6-11(17)13(14(10)18)15(19)9-7-20-12-4-2-1-3-8(9)12/h1-6,9,15H,7,19H2. The Labute approximate surface area is 128 Å². The quantitative estimate of drug-likeness (QED) is 0.795. The van der Waals surface area contributed by atoms with Crippen LogP contribution in [0.2, 0.25) is 0 Å². The van der Waals surface area contributed by atoms with Crippen molar-refractivity contribution in [1.82, 2.24) is 0 Å². The Bertz CT molecular complexity index is 662. The van der Waals surface area contributed by atoms with Gasteiger partial charge in [-0.1, -0.05) is 18.2 Å². The van der Waals surface area contributed by atoms with E-state index in [9.17, 15) is 8.78 Å². The van der Waals surface area contributed by atoms with Crippen LogP contribution in [0.1, 0.15) is 23.1 Å². The molecule has 5 heteroatoms. The molecule has 0 bridgehead atoms. The Kier molecular flexibility index (Phi) is 3.84. The van der Waals surface area contributed by atoms with Gasteiger partial charge < -0.3 is 5.73 Å². The van der Waals surface area contributed by atoms with E-state index in [4.69, 9.17) is 5.73 Å². The molecule has 0 aromatic heterocycles. The summed E-state index contributed by atoms with van der Waals surface area (Å²) in [6, 6.07) is 9.80. The molecule has 1 aliphatic rings. The molecular weight excluding hydrogens is 344 g/mol. The molecule has 20 heavy (non-hydrogen) atoms. The lowest BCUT2D eigenvalue weighted by Crippen LogP contribution is -2.22. The van der Waals surface area contributed by atoms with Gasteiger partial charge in [-0.2, -0.15) is 0 Å². The third-order valence-electron chi connectivity index (χ3n) is 3.58. The molecule has 2 atom stereocenters. The van der Waals surface area contributed by atoms with Crippen molar-refractivity contribution in [3.05, 3.63) is 63.6 Å². The third-order valence-corrected chi connectivity index (χ3v) is 5.40. The second-order valence-electron chi connectivity index (χ2n) is 4.74. The van der Waals surface area contributed by atoms with E-state index in [1.807, 2.05) is 24.3 Å². The van der Waals surface area contributed by atoms with Crippen molar-refractivity contribution in [3.63, 3.8) is 0 Å². The van der Waals surface area contributed by atoms with Crippen LogP contribution in [0.4, 0.5) is 8.78 Å². The van der Waals surface area contributed by atoms with E-state index in [0.717, 1.165) is 16.2 Å². The van der Waals surface area contributed by atoms with Gasteiger partial charge in [-0.25, -0.2) is 8.78 Å². The van der Waals surface area contributed by atoms with Gasteiger partial charge in [0.15, 0.2) is 0 Å². The van der Waals surface area contributed by atoms with Crippen LogP contribution in [-0.2, 0) is 0 Å². The van der Waals surface area contributed by atoms with Crippen LogP contribution in [0.25, 0.3) is 0 Å². The third kappa shape index (κ3) is 2.28. The van der Waals surface area contributed by atoms with Crippen molar-refractivity contribution in [2.24, 2.45) is 5.73 Å². The number of benzene rings is 2. The molecule has 0 amide bonds. The monoisotopic (exact) mass is 355 g/mol. The molecule has 2 aromatic rings. The molecule has 0 saturated carbocycles. The summed E-state index contributed by atoms with van der Waals surface area (Å²) in [5.74, 6) is -0.528. The highest BCUT2D eigenvalue weighted by Crippen LogP contribution is 2.45. The highest BCUT2D eigenvalue weighted by molar-refractivity contribution is 9.10. The fourth-order valence-electron chi connectivity index (χ4n) is 2.53. The van der Waals surface area contributed by atoms with Crippen LogP contribution in [0.15, 0.2) is 45.8 Å². The van der Waals surface area contributed by atoms with Crippen LogP contribution >= 0.6 is 27.7 Å². The van der Waals surface area contributed by atoms with E-state index in [1.54, 1.807) is 11.8 Å². The van der Waals surface area contributed by atoms with Gasteiger partial charge in [-0.3, -0.25) is 0 Å². The summed E-state index contributed by atoms with van der Waals surface area (Å²) in [6.45, 7) is 0. The van der Waals surface area contributed by atoms with Crippen molar-refractivity contribution in [1.29, 1.82) is 0 Å². The molecule has 0 fully saturated rings. The number of thioether (sulfide) groups is 1. The van der Waals surface area contributed by atoms with Gasteiger partial charge in [0.1, 0.15) is 11.6 Å². The van der Waals surface area contributed by atoms with E-state index < -0.39 is 17.7 Å². The van der Waals surface area contributed by atoms with Crippen LogP contribution in [0.3, 0.4) is 0 Å². The predicted molar refractivity (Wildman–Crippen MR) is 80.9 cm³/mol. The molecule has 0 spiro atoms. The Morgan fingerprint density at radius 3 is 2.75 bits per heavy atom. The SMILES string of the molecule is NC(c1c(F)ccc(Br)c1F)C1CSc2ccccc21. The average Bonchev–Trinajstić information content (AvgIpc) is 2.87.